The predicted molar refractivity (Wildman–Crippen MR) is 94.8 cm³/mol. The summed E-state index contributed by atoms with van der Waals surface area (Å²) in [7, 11) is 0. The van der Waals surface area contributed by atoms with Gasteiger partial charge in [-0.3, -0.25) is 9.69 Å². The molecule has 25 heavy (non-hydrogen) atoms. The van der Waals surface area contributed by atoms with Gasteiger partial charge in [-0.25, -0.2) is 0 Å². The second kappa shape index (κ2) is 6.44. The molecule has 2 aromatic heterocycles. The largest absolute Gasteiger partial charge is 0.358 e. The number of aryl methyl sites for hydroxylation is 2. The highest BCUT2D eigenvalue weighted by Crippen LogP contribution is 2.27. The summed E-state index contributed by atoms with van der Waals surface area (Å²) < 4.78 is 5.33. The summed E-state index contributed by atoms with van der Waals surface area (Å²) >= 11 is 0. The fourth-order valence-corrected chi connectivity index (χ4v) is 3.80. The van der Waals surface area contributed by atoms with Crippen LogP contribution < -0.4 is 0 Å². The van der Waals surface area contributed by atoms with E-state index in [0.717, 1.165) is 48.1 Å². The summed E-state index contributed by atoms with van der Waals surface area (Å²) in [6, 6.07) is 7.97. The Morgan fingerprint density at radius 1 is 1.36 bits per heavy atom. The van der Waals surface area contributed by atoms with E-state index in [2.05, 4.69) is 20.0 Å². The first-order valence-electron chi connectivity index (χ1n) is 8.75. The molecule has 1 aliphatic heterocycles. The number of para-hydroxylation sites is 1. The van der Waals surface area contributed by atoms with Crippen molar-refractivity contribution in [2.45, 2.75) is 32.6 Å². The molecular weight excluding hydrogens is 316 g/mol. The zero-order chi connectivity index (χ0) is 17.4. The number of benzene rings is 1. The normalized spacial score (nSPS) is 18.7. The number of carbonyl (C=O) groups excluding carboxylic acids is 1. The molecule has 1 fully saturated rings. The Balaban J connectivity index is 1.51. The van der Waals surface area contributed by atoms with Crippen molar-refractivity contribution in [1.29, 1.82) is 0 Å². The monoisotopic (exact) mass is 338 g/mol. The summed E-state index contributed by atoms with van der Waals surface area (Å²) in [6.45, 7) is 5.93. The lowest BCUT2D eigenvalue weighted by molar-refractivity contribution is 0.0900. The summed E-state index contributed by atoms with van der Waals surface area (Å²) in [5.74, 6) is 1.74. The number of ketones is 1. The van der Waals surface area contributed by atoms with Gasteiger partial charge in [0.1, 0.15) is 0 Å². The molecule has 0 amide bonds. The predicted octanol–water partition coefficient (Wildman–Crippen LogP) is 3.23. The van der Waals surface area contributed by atoms with Crippen LogP contribution in [0.25, 0.3) is 10.9 Å². The Labute approximate surface area is 146 Å². The number of hydrogen-bond donors (Lipinski definition) is 1. The summed E-state index contributed by atoms with van der Waals surface area (Å²) in [6.07, 6.45) is 2.06. The van der Waals surface area contributed by atoms with Crippen molar-refractivity contribution >= 4 is 16.7 Å². The van der Waals surface area contributed by atoms with E-state index in [4.69, 9.17) is 4.52 Å². The van der Waals surface area contributed by atoms with E-state index in [0.29, 0.717) is 18.3 Å². The molecule has 0 spiro atoms. The second-order valence-electron chi connectivity index (χ2n) is 6.85. The number of fused-ring (bicyclic) bond motifs is 1. The van der Waals surface area contributed by atoms with Crippen molar-refractivity contribution in [3.63, 3.8) is 0 Å². The molecule has 1 aliphatic rings. The maximum absolute atomic E-state index is 12.9. The number of aromatic nitrogens is 3. The Bertz CT molecular complexity index is 911. The van der Waals surface area contributed by atoms with Crippen LogP contribution in [0.5, 0.6) is 0 Å². The Morgan fingerprint density at radius 2 is 2.20 bits per heavy atom. The van der Waals surface area contributed by atoms with Crippen molar-refractivity contribution in [2.24, 2.45) is 0 Å². The molecule has 1 N–H and O–H groups in total. The molecule has 1 saturated heterocycles. The first-order valence-corrected chi connectivity index (χ1v) is 8.75. The Kier molecular flexibility index (Phi) is 4.13. The van der Waals surface area contributed by atoms with Crippen LogP contribution in [0.2, 0.25) is 0 Å². The first-order chi connectivity index (χ1) is 12.1. The van der Waals surface area contributed by atoms with E-state index in [9.17, 15) is 4.79 Å². The molecule has 3 heterocycles. The SMILES string of the molecule is Cc1noc(C2CCCN(CC(=O)c3c(C)[nH]c4ccccc34)C2)n1. The van der Waals surface area contributed by atoms with Crippen molar-refractivity contribution in [2.75, 3.05) is 19.6 Å². The topological polar surface area (TPSA) is 75.0 Å². The standard InChI is InChI=1S/C19H22N4O2/c1-12-18(15-7-3-4-8-16(15)20-12)17(24)11-23-9-5-6-14(10-23)19-21-13(2)22-25-19/h3-4,7-8,14,20H,5-6,9-11H2,1-2H3. The molecule has 0 saturated carbocycles. The van der Waals surface area contributed by atoms with Crippen LogP contribution in [-0.2, 0) is 0 Å². The molecule has 1 aromatic carbocycles. The smallest absolute Gasteiger partial charge is 0.231 e. The fourth-order valence-electron chi connectivity index (χ4n) is 3.80. The van der Waals surface area contributed by atoms with Crippen LogP contribution in [0.3, 0.4) is 0 Å². The van der Waals surface area contributed by atoms with Crippen LogP contribution in [0.4, 0.5) is 0 Å². The van der Waals surface area contributed by atoms with Crippen LogP contribution >= 0.6 is 0 Å². The van der Waals surface area contributed by atoms with Gasteiger partial charge in [0.05, 0.1) is 12.5 Å². The fraction of sp³-hybridized carbons (Fsp3) is 0.421. The molecule has 4 rings (SSSR count). The van der Waals surface area contributed by atoms with Crippen LogP contribution in [0.1, 0.15) is 46.5 Å². The number of carbonyl (C=O) groups is 1. The Morgan fingerprint density at radius 3 is 3.00 bits per heavy atom. The minimum atomic E-state index is 0.164. The van der Waals surface area contributed by atoms with E-state index in [-0.39, 0.29) is 11.7 Å². The number of likely N-dealkylation sites (tertiary alicyclic amines) is 1. The van der Waals surface area contributed by atoms with Crippen molar-refractivity contribution in [3.05, 3.63) is 47.2 Å². The lowest BCUT2D eigenvalue weighted by Gasteiger charge is -2.30. The van der Waals surface area contributed by atoms with Gasteiger partial charge in [-0.2, -0.15) is 4.98 Å². The molecular formula is C19H22N4O2. The molecule has 6 heteroatoms. The van der Waals surface area contributed by atoms with Gasteiger partial charge in [-0.1, -0.05) is 23.4 Å². The third-order valence-electron chi connectivity index (χ3n) is 4.94. The number of H-pyrrole nitrogens is 1. The minimum Gasteiger partial charge on any atom is -0.358 e. The molecule has 1 unspecified atom stereocenters. The average Bonchev–Trinajstić information content (AvgIpc) is 3.17. The number of rotatable bonds is 4. The highest BCUT2D eigenvalue weighted by molar-refractivity contribution is 6.10. The number of hydrogen-bond acceptors (Lipinski definition) is 5. The molecule has 0 bridgehead atoms. The van der Waals surface area contributed by atoms with Crippen LogP contribution in [0, 0.1) is 13.8 Å². The highest BCUT2D eigenvalue weighted by Gasteiger charge is 2.27. The Hall–Kier alpha value is -2.47. The summed E-state index contributed by atoms with van der Waals surface area (Å²) in [4.78, 5) is 22.8. The molecule has 130 valence electrons. The lowest BCUT2D eigenvalue weighted by atomic mass is 9.97. The number of piperidine rings is 1. The highest BCUT2D eigenvalue weighted by atomic mass is 16.5. The molecule has 6 nitrogen and oxygen atoms in total. The average molecular weight is 338 g/mol. The minimum absolute atomic E-state index is 0.164. The van der Waals surface area contributed by atoms with E-state index >= 15 is 0 Å². The number of nitrogens with one attached hydrogen (secondary N) is 1. The zero-order valence-electron chi connectivity index (χ0n) is 14.6. The first kappa shape index (κ1) is 16.0. The molecule has 3 aromatic rings. The number of aromatic amines is 1. The van der Waals surface area contributed by atoms with E-state index in [1.54, 1.807) is 0 Å². The third kappa shape index (κ3) is 3.09. The maximum Gasteiger partial charge on any atom is 0.231 e. The van der Waals surface area contributed by atoms with E-state index in [1.165, 1.54) is 0 Å². The van der Waals surface area contributed by atoms with Gasteiger partial charge >= 0.3 is 0 Å². The van der Waals surface area contributed by atoms with Crippen LogP contribution in [0.15, 0.2) is 28.8 Å². The van der Waals surface area contributed by atoms with Gasteiger partial charge in [0.15, 0.2) is 11.6 Å². The lowest BCUT2D eigenvalue weighted by Crippen LogP contribution is -2.38. The molecule has 0 radical (unpaired) electrons. The zero-order valence-corrected chi connectivity index (χ0v) is 14.6. The van der Waals surface area contributed by atoms with E-state index < -0.39 is 0 Å². The number of nitrogens with zero attached hydrogens (tertiary/aromatic N) is 3. The van der Waals surface area contributed by atoms with Gasteiger partial charge in [0, 0.05) is 28.7 Å². The van der Waals surface area contributed by atoms with Crippen LogP contribution in [-0.4, -0.2) is 45.4 Å². The van der Waals surface area contributed by atoms with Gasteiger partial charge in [-0.05, 0) is 39.3 Å². The van der Waals surface area contributed by atoms with Gasteiger partial charge in [0.25, 0.3) is 0 Å². The number of Topliss-reactive ketones (excluding diaryl/α,β-unsaturated/α-hetero) is 1. The van der Waals surface area contributed by atoms with Crippen molar-refractivity contribution in [3.8, 4) is 0 Å². The molecule has 0 aliphatic carbocycles. The van der Waals surface area contributed by atoms with Crippen molar-refractivity contribution < 1.29 is 9.32 Å². The third-order valence-corrected chi connectivity index (χ3v) is 4.94. The van der Waals surface area contributed by atoms with Gasteiger partial charge in [0.2, 0.25) is 5.89 Å². The van der Waals surface area contributed by atoms with Gasteiger partial charge in [-0.15, -0.1) is 0 Å². The summed E-state index contributed by atoms with van der Waals surface area (Å²) in [5, 5.41) is 4.89. The summed E-state index contributed by atoms with van der Waals surface area (Å²) in [5.41, 5.74) is 2.76. The van der Waals surface area contributed by atoms with Gasteiger partial charge < -0.3 is 9.51 Å². The van der Waals surface area contributed by atoms with E-state index in [1.807, 2.05) is 38.1 Å². The molecule has 1 atom stereocenters. The van der Waals surface area contributed by atoms with Crippen molar-refractivity contribution in [1.82, 2.24) is 20.0 Å². The maximum atomic E-state index is 12.9. The second-order valence-corrected chi connectivity index (χ2v) is 6.85. The quantitative estimate of drug-likeness (QED) is 0.739.